The van der Waals surface area contributed by atoms with Crippen LogP contribution in [0.5, 0.6) is 0 Å². The Labute approximate surface area is 80.9 Å². The second kappa shape index (κ2) is 3.68. The van der Waals surface area contributed by atoms with Gasteiger partial charge < -0.3 is 0 Å². The Morgan fingerprint density at radius 3 is 3.00 bits per heavy atom. The molecule has 0 saturated heterocycles. The van der Waals surface area contributed by atoms with Crippen molar-refractivity contribution < 1.29 is 4.21 Å². The van der Waals surface area contributed by atoms with E-state index < -0.39 is 8.86 Å². The first-order valence-corrected chi connectivity index (χ1v) is 7.27. The van der Waals surface area contributed by atoms with Crippen LogP contribution < -0.4 is 0 Å². The molecule has 1 unspecified atom stereocenters. The Kier molecular flexibility index (Phi) is 2.58. The molecule has 0 saturated carbocycles. The van der Waals surface area contributed by atoms with Crippen molar-refractivity contribution >= 4 is 36.5 Å². The Bertz CT molecular complexity index is 346. The molecule has 12 heavy (non-hydrogen) atoms. The highest BCUT2D eigenvalue weighted by molar-refractivity contribution is 9.02. The van der Waals surface area contributed by atoms with Gasteiger partial charge in [0.05, 0.1) is 0 Å². The average molecular weight is 214 g/mol. The summed E-state index contributed by atoms with van der Waals surface area (Å²) in [5, 5.41) is 1.88. The molecule has 0 aromatic heterocycles. The number of rotatable bonds is 0. The summed E-state index contributed by atoms with van der Waals surface area (Å²) in [5.74, 6) is 0. The summed E-state index contributed by atoms with van der Waals surface area (Å²) in [7, 11) is 1.88. The van der Waals surface area contributed by atoms with Crippen LogP contribution in [0.25, 0.3) is 6.08 Å². The van der Waals surface area contributed by atoms with Gasteiger partial charge in [0, 0.05) is 4.90 Å². The van der Waals surface area contributed by atoms with Gasteiger partial charge in [0.25, 0.3) is 0 Å². The van der Waals surface area contributed by atoms with Gasteiger partial charge in [0.15, 0.2) is 0 Å². The van der Waals surface area contributed by atoms with Crippen molar-refractivity contribution in [2.75, 3.05) is 0 Å². The highest BCUT2D eigenvalue weighted by Crippen LogP contribution is 2.35. The summed E-state index contributed by atoms with van der Waals surface area (Å²) in [5.41, 5.74) is 1.15. The lowest BCUT2D eigenvalue weighted by Crippen LogP contribution is -1.76. The third kappa shape index (κ3) is 1.76. The van der Waals surface area contributed by atoms with E-state index in [1.54, 1.807) is 0 Å². The maximum absolute atomic E-state index is 11.2. The molecule has 1 aromatic rings. The van der Waals surface area contributed by atoms with Crippen molar-refractivity contribution in [3.05, 3.63) is 35.2 Å². The minimum absolute atomic E-state index is 0.872. The fourth-order valence-corrected chi connectivity index (χ4v) is 4.65. The van der Waals surface area contributed by atoms with E-state index in [9.17, 15) is 4.21 Å². The molecule has 0 aliphatic carbocycles. The fourth-order valence-electron chi connectivity index (χ4n) is 0.934. The van der Waals surface area contributed by atoms with Crippen LogP contribution in [0.2, 0.25) is 0 Å². The monoisotopic (exact) mass is 214 g/mol. The Balaban J connectivity index is 2.48. The Hall–Kier alpha value is -0.190. The third-order valence-corrected chi connectivity index (χ3v) is 5.62. The summed E-state index contributed by atoms with van der Waals surface area (Å²) >= 11 is 0. The van der Waals surface area contributed by atoms with Crippen molar-refractivity contribution in [2.45, 2.75) is 4.90 Å². The SMILES string of the molecule is O=S1SC=Cc2ccccc2S1. The van der Waals surface area contributed by atoms with Gasteiger partial charge in [-0.3, -0.25) is 0 Å². The molecule has 2 rings (SSSR count). The summed E-state index contributed by atoms with van der Waals surface area (Å²) in [4.78, 5) is 1.09. The number of hydrogen-bond donors (Lipinski definition) is 0. The number of benzene rings is 1. The highest BCUT2D eigenvalue weighted by Gasteiger charge is 2.08. The number of hydrogen-bond acceptors (Lipinski definition) is 3. The molecule has 0 spiro atoms. The molecule has 1 aliphatic rings. The second-order valence-corrected chi connectivity index (χ2v) is 7.23. The van der Waals surface area contributed by atoms with E-state index in [0.29, 0.717) is 0 Å². The molecule has 1 heterocycles. The normalized spacial score (nSPS) is 21.5. The van der Waals surface area contributed by atoms with E-state index in [1.807, 2.05) is 35.7 Å². The fraction of sp³-hybridized carbons (Fsp3) is 0. The van der Waals surface area contributed by atoms with Gasteiger partial charge in [-0.15, -0.1) is 0 Å². The van der Waals surface area contributed by atoms with Gasteiger partial charge in [-0.2, -0.15) is 0 Å². The van der Waals surface area contributed by atoms with E-state index in [2.05, 4.69) is 0 Å². The maximum Gasteiger partial charge on any atom is 0.150 e. The first-order chi connectivity index (χ1) is 5.86. The van der Waals surface area contributed by atoms with Crippen LogP contribution in [0, 0.1) is 0 Å². The smallest absolute Gasteiger partial charge is 0.150 e. The largest absolute Gasteiger partial charge is 0.235 e. The predicted molar refractivity (Wildman–Crippen MR) is 57.1 cm³/mol. The minimum atomic E-state index is -0.872. The molecular formula is C8H6OS3. The van der Waals surface area contributed by atoms with Crippen molar-refractivity contribution in [3.63, 3.8) is 0 Å². The lowest BCUT2D eigenvalue weighted by atomic mass is 10.2. The summed E-state index contributed by atoms with van der Waals surface area (Å²) in [6.45, 7) is 0. The molecule has 0 bridgehead atoms. The van der Waals surface area contributed by atoms with Gasteiger partial charge >= 0.3 is 0 Å². The van der Waals surface area contributed by atoms with Crippen LogP contribution in [0.15, 0.2) is 34.6 Å². The highest BCUT2D eigenvalue weighted by atomic mass is 33.5. The van der Waals surface area contributed by atoms with Gasteiger partial charge in [-0.25, -0.2) is 4.21 Å². The van der Waals surface area contributed by atoms with E-state index in [1.165, 1.54) is 21.6 Å². The average Bonchev–Trinajstić information content (AvgIpc) is 2.25. The van der Waals surface area contributed by atoms with E-state index in [4.69, 9.17) is 0 Å². The van der Waals surface area contributed by atoms with Crippen molar-refractivity contribution in [1.82, 2.24) is 0 Å². The van der Waals surface area contributed by atoms with E-state index in [0.717, 1.165) is 10.5 Å². The maximum atomic E-state index is 11.2. The number of fused-ring (bicyclic) bond motifs is 1. The summed E-state index contributed by atoms with van der Waals surface area (Å²) < 4.78 is 11.2. The third-order valence-electron chi connectivity index (χ3n) is 1.46. The van der Waals surface area contributed by atoms with Gasteiger partial charge in [-0.05, 0) is 44.7 Å². The van der Waals surface area contributed by atoms with Crippen LogP contribution in [0.3, 0.4) is 0 Å². The Morgan fingerprint density at radius 1 is 1.25 bits per heavy atom. The van der Waals surface area contributed by atoms with E-state index >= 15 is 0 Å². The molecule has 1 atom stereocenters. The van der Waals surface area contributed by atoms with Crippen molar-refractivity contribution in [1.29, 1.82) is 0 Å². The molecule has 1 aromatic carbocycles. The lowest BCUT2D eigenvalue weighted by molar-refractivity contribution is 0.699. The zero-order chi connectivity index (χ0) is 8.39. The Morgan fingerprint density at radius 2 is 2.08 bits per heavy atom. The summed E-state index contributed by atoms with van der Waals surface area (Å²) in [6, 6.07) is 7.98. The van der Waals surface area contributed by atoms with Crippen molar-refractivity contribution in [3.8, 4) is 0 Å². The molecule has 1 aliphatic heterocycles. The summed E-state index contributed by atoms with van der Waals surface area (Å²) in [6.07, 6.45) is 2.00. The molecule has 62 valence electrons. The molecule has 1 nitrogen and oxygen atoms in total. The lowest BCUT2D eigenvalue weighted by Gasteiger charge is -1.98. The second-order valence-electron chi connectivity index (χ2n) is 2.22. The first kappa shape index (κ1) is 8.41. The molecular weight excluding hydrogens is 208 g/mol. The zero-order valence-electron chi connectivity index (χ0n) is 6.10. The molecule has 0 amide bonds. The first-order valence-electron chi connectivity index (χ1n) is 3.39. The zero-order valence-corrected chi connectivity index (χ0v) is 8.55. The molecule has 0 fully saturated rings. The van der Waals surface area contributed by atoms with Crippen LogP contribution in [0.1, 0.15) is 5.56 Å². The van der Waals surface area contributed by atoms with Gasteiger partial charge in [-0.1, -0.05) is 18.2 Å². The predicted octanol–water partition coefficient (Wildman–Crippen LogP) is 3.07. The van der Waals surface area contributed by atoms with Crippen LogP contribution in [-0.4, -0.2) is 4.21 Å². The van der Waals surface area contributed by atoms with Gasteiger partial charge in [0.1, 0.15) is 8.86 Å². The topological polar surface area (TPSA) is 17.1 Å². The molecule has 0 radical (unpaired) electrons. The van der Waals surface area contributed by atoms with Crippen LogP contribution in [0.4, 0.5) is 0 Å². The van der Waals surface area contributed by atoms with E-state index in [-0.39, 0.29) is 0 Å². The van der Waals surface area contributed by atoms with Crippen LogP contribution >= 0.6 is 21.6 Å². The standard InChI is InChI=1S/C8H6OS3/c9-12-10-6-5-7-3-1-2-4-8(7)11-12/h1-6H. The van der Waals surface area contributed by atoms with Crippen LogP contribution in [-0.2, 0) is 8.86 Å². The van der Waals surface area contributed by atoms with Gasteiger partial charge in [0.2, 0.25) is 0 Å². The van der Waals surface area contributed by atoms with Crippen molar-refractivity contribution in [2.24, 2.45) is 0 Å². The molecule has 0 N–H and O–H groups in total. The minimum Gasteiger partial charge on any atom is -0.235 e. The quantitative estimate of drug-likeness (QED) is 0.618. The molecule has 4 heteroatoms.